The molecule has 0 atom stereocenters. The second-order valence-electron chi connectivity index (χ2n) is 3.88. The molecule has 2 aromatic rings. The third kappa shape index (κ3) is 3.14. The molecule has 0 spiro atoms. The minimum Gasteiger partial charge on any atom is -0.338 e. The molecule has 2 heterocycles. The molecular formula is C11H14N4O2S. The molecule has 0 aliphatic rings. The van der Waals surface area contributed by atoms with Crippen molar-refractivity contribution in [3.8, 4) is 0 Å². The van der Waals surface area contributed by atoms with Crippen molar-refractivity contribution in [2.24, 2.45) is 7.05 Å². The van der Waals surface area contributed by atoms with Crippen LogP contribution < -0.4 is 5.32 Å². The minimum atomic E-state index is -0.359. The minimum absolute atomic E-state index is 0.191. The van der Waals surface area contributed by atoms with Gasteiger partial charge >= 0.3 is 5.00 Å². The first-order valence-electron chi connectivity index (χ1n) is 5.57. The highest BCUT2D eigenvalue weighted by Crippen LogP contribution is 2.23. The number of nitrogens with one attached hydrogen (secondary N) is 1. The van der Waals surface area contributed by atoms with E-state index in [9.17, 15) is 10.1 Å². The van der Waals surface area contributed by atoms with Crippen LogP contribution >= 0.6 is 11.3 Å². The Morgan fingerprint density at radius 3 is 3.00 bits per heavy atom. The van der Waals surface area contributed by atoms with Crippen molar-refractivity contribution in [1.29, 1.82) is 0 Å². The van der Waals surface area contributed by atoms with Gasteiger partial charge in [-0.15, -0.1) is 0 Å². The van der Waals surface area contributed by atoms with Crippen molar-refractivity contribution in [1.82, 2.24) is 14.9 Å². The third-order valence-electron chi connectivity index (χ3n) is 2.57. The van der Waals surface area contributed by atoms with E-state index in [-0.39, 0.29) is 9.92 Å². The number of hydrogen-bond donors (Lipinski definition) is 1. The summed E-state index contributed by atoms with van der Waals surface area (Å²) in [6.07, 6.45) is 4.53. The molecule has 2 rings (SSSR count). The van der Waals surface area contributed by atoms with Crippen LogP contribution in [0.2, 0.25) is 0 Å². The topological polar surface area (TPSA) is 73.0 Å². The third-order valence-corrected chi connectivity index (χ3v) is 3.61. The van der Waals surface area contributed by atoms with E-state index >= 15 is 0 Å². The molecule has 0 fully saturated rings. The predicted molar refractivity (Wildman–Crippen MR) is 69.6 cm³/mol. The van der Waals surface area contributed by atoms with Crippen LogP contribution in [-0.2, 0) is 20.0 Å². The maximum absolute atomic E-state index is 10.5. The fraction of sp³-hybridized carbons (Fsp3) is 0.364. The van der Waals surface area contributed by atoms with E-state index in [2.05, 4.69) is 10.3 Å². The quantitative estimate of drug-likeness (QED) is 0.491. The van der Waals surface area contributed by atoms with Crippen molar-refractivity contribution in [3.05, 3.63) is 45.3 Å². The summed E-state index contributed by atoms with van der Waals surface area (Å²) in [7, 11) is 1.96. The highest BCUT2D eigenvalue weighted by molar-refractivity contribution is 7.15. The van der Waals surface area contributed by atoms with E-state index in [1.165, 1.54) is 11.3 Å². The number of aromatic nitrogens is 2. The van der Waals surface area contributed by atoms with Crippen molar-refractivity contribution in [3.63, 3.8) is 0 Å². The molecule has 7 heteroatoms. The van der Waals surface area contributed by atoms with Gasteiger partial charge in [0.2, 0.25) is 0 Å². The summed E-state index contributed by atoms with van der Waals surface area (Å²) in [5, 5.41) is 14.0. The number of rotatable bonds is 6. The molecule has 2 aromatic heterocycles. The van der Waals surface area contributed by atoms with Crippen LogP contribution in [-0.4, -0.2) is 21.0 Å². The lowest BCUT2D eigenvalue weighted by atomic mass is 10.4. The lowest BCUT2D eigenvalue weighted by molar-refractivity contribution is -0.380. The Balaban J connectivity index is 1.75. The molecule has 96 valence electrons. The van der Waals surface area contributed by atoms with Gasteiger partial charge in [-0.1, -0.05) is 11.3 Å². The molecule has 6 nitrogen and oxygen atoms in total. The Morgan fingerprint density at radius 1 is 1.56 bits per heavy atom. The zero-order valence-corrected chi connectivity index (χ0v) is 10.8. The number of imidazole rings is 1. The lowest BCUT2D eigenvalue weighted by Gasteiger charge is -2.03. The summed E-state index contributed by atoms with van der Waals surface area (Å²) >= 11 is 1.21. The van der Waals surface area contributed by atoms with Gasteiger partial charge < -0.3 is 9.88 Å². The molecule has 0 aromatic carbocycles. The van der Waals surface area contributed by atoms with E-state index in [0.717, 1.165) is 23.7 Å². The summed E-state index contributed by atoms with van der Waals surface area (Å²) < 4.78 is 1.98. The van der Waals surface area contributed by atoms with Crippen LogP contribution in [0.15, 0.2) is 24.5 Å². The fourth-order valence-corrected chi connectivity index (χ4v) is 2.40. The SMILES string of the molecule is Cn1ccnc1CCNCc1ccc([N+](=O)[O-])s1. The first-order valence-corrected chi connectivity index (χ1v) is 6.38. The van der Waals surface area contributed by atoms with Gasteiger partial charge in [0.25, 0.3) is 0 Å². The maximum Gasteiger partial charge on any atom is 0.324 e. The Bertz CT molecular complexity index is 535. The Kier molecular flexibility index (Phi) is 4.06. The van der Waals surface area contributed by atoms with E-state index in [1.807, 2.05) is 17.8 Å². The molecule has 0 aliphatic carbocycles. The summed E-state index contributed by atoms with van der Waals surface area (Å²) in [5.74, 6) is 1.03. The normalized spacial score (nSPS) is 10.7. The van der Waals surface area contributed by atoms with Crippen LogP contribution in [0.25, 0.3) is 0 Å². The molecule has 0 aliphatic heterocycles. The fourth-order valence-electron chi connectivity index (χ4n) is 1.61. The maximum atomic E-state index is 10.5. The first kappa shape index (κ1) is 12.7. The van der Waals surface area contributed by atoms with Gasteiger partial charge in [0.1, 0.15) is 5.82 Å². The molecule has 0 saturated carbocycles. The first-order chi connectivity index (χ1) is 8.66. The van der Waals surface area contributed by atoms with Crippen molar-refractivity contribution in [2.75, 3.05) is 6.54 Å². The van der Waals surface area contributed by atoms with Gasteiger partial charge in [0.05, 0.1) is 4.92 Å². The van der Waals surface area contributed by atoms with Gasteiger partial charge in [0, 0.05) is 49.9 Å². The highest BCUT2D eigenvalue weighted by Gasteiger charge is 2.09. The molecule has 1 N–H and O–H groups in total. The van der Waals surface area contributed by atoms with Crippen LogP contribution in [0.3, 0.4) is 0 Å². The molecule has 18 heavy (non-hydrogen) atoms. The largest absolute Gasteiger partial charge is 0.338 e. The standard InChI is InChI=1S/C11H14N4O2S/c1-14-7-6-13-10(14)4-5-12-8-9-2-3-11(18-9)15(16)17/h2-3,6-7,12H,4-5,8H2,1H3. The predicted octanol–water partition coefficient (Wildman–Crippen LogP) is 1.72. The molecule has 0 amide bonds. The summed E-state index contributed by atoms with van der Waals surface area (Å²) in [6.45, 7) is 1.46. The van der Waals surface area contributed by atoms with Crippen molar-refractivity contribution in [2.45, 2.75) is 13.0 Å². The molecule has 0 radical (unpaired) electrons. The van der Waals surface area contributed by atoms with Crippen molar-refractivity contribution < 1.29 is 4.92 Å². The highest BCUT2D eigenvalue weighted by atomic mass is 32.1. The lowest BCUT2D eigenvalue weighted by Crippen LogP contribution is -2.17. The number of aryl methyl sites for hydroxylation is 1. The van der Waals surface area contributed by atoms with E-state index < -0.39 is 0 Å². The summed E-state index contributed by atoms with van der Waals surface area (Å²) in [6, 6.07) is 3.33. The average molecular weight is 266 g/mol. The molecular weight excluding hydrogens is 252 g/mol. The zero-order valence-electron chi connectivity index (χ0n) is 10.00. The van der Waals surface area contributed by atoms with Crippen LogP contribution in [0, 0.1) is 10.1 Å². The Hall–Kier alpha value is -1.73. The number of thiophene rings is 1. The van der Waals surface area contributed by atoms with Gasteiger partial charge in [0.15, 0.2) is 0 Å². The van der Waals surface area contributed by atoms with Gasteiger partial charge in [-0.2, -0.15) is 0 Å². The van der Waals surface area contributed by atoms with E-state index in [1.54, 1.807) is 18.3 Å². The van der Waals surface area contributed by atoms with Crippen LogP contribution in [0.1, 0.15) is 10.7 Å². The van der Waals surface area contributed by atoms with Gasteiger partial charge in [-0.3, -0.25) is 10.1 Å². The van der Waals surface area contributed by atoms with Gasteiger partial charge in [-0.05, 0) is 6.07 Å². The number of hydrogen-bond acceptors (Lipinski definition) is 5. The van der Waals surface area contributed by atoms with E-state index in [4.69, 9.17) is 0 Å². The smallest absolute Gasteiger partial charge is 0.324 e. The molecule has 0 bridgehead atoms. The molecule has 0 saturated heterocycles. The van der Waals surface area contributed by atoms with E-state index in [0.29, 0.717) is 6.54 Å². The monoisotopic (exact) mass is 266 g/mol. The average Bonchev–Trinajstić information content (AvgIpc) is 2.94. The van der Waals surface area contributed by atoms with Crippen molar-refractivity contribution >= 4 is 16.3 Å². The summed E-state index contributed by atoms with van der Waals surface area (Å²) in [5.41, 5.74) is 0. The molecule has 0 unspecified atom stereocenters. The summed E-state index contributed by atoms with van der Waals surface area (Å²) in [4.78, 5) is 15.4. The Morgan fingerprint density at radius 2 is 2.39 bits per heavy atom. The second kappa shape index (κ2) is 5.74. The number of nitrogens with zero attached hydrogens (tertiary/aromatic N) is 3. The zero-order chi connectivity index (χ0) is 13.0. The number of nitro groups is 1. The Labute approximate surface area is 108 Å². The van der Waals surface area contributed by atoms with Gasteiger partial charge in [-0.25, -0.2) is 4.98 Å². The van der Waals surface area contributed by atoms with Crippen LogP contribution in [0.5, 0.6) is 0 Å². The van der Waals surface area contributed by atoms with Crippen LogP contribution in [0.4, 0.5) is 5.00 Å². The second-order valence-corrected chi connectivity index (χ2v) is 5.02.